The molecule has 2 aromatic rings. The minimum atomic E-state index is -0.946. The summed E-state index contributed by atoms with van der Waals surface area (Å²) in [5, 5.41) is 13.6. The van der Waals surface area contributed by atoms with Gasteiger partial charge in [-0.3, -0.25) is 0 Å². The summed E-state index contributed by atoms with van der Waals surface area (Å²) in [6, 6.07) is 16.1. The van der Waals surface area contributed by atoms with Crippen LogP contribution in [0.1, 0.15) is 78.7 Å². The Labute approximate surface area is 166 Å². The molecule has 0 aliphatic rings. The van der Waals surface area contributed by atoms with E-state index in [9.17, 15) is 5.11 Å². The molecule has 0 aromatic heterocycles. The third-order valence-corrected chi connectivity index (χ3v) is 3.89. The van der Waals surface area contributed by atoms with Crippen molar-refractivity contribution >= 4 is 5.69 Å². The second-order valence-electron chi connectivity index (χ2n) is 6.49. The molecule has 0 bridgehead atoms. The number of aryl methyl sites for hydroxylation is 1. The van der Waals surface area contributed by atoms with Crippen LogP contribution in [0, 0.1) is 0 Å². The smallest absolute Gasteiger partial charge is 0.224 e. The normalized spacial score (nSPS) is 11.1. The molecule has 2 aromatic carbocycles. The number of nitrogens with one attached hydrogen (secondary N) is 1. The fourth-order valence-electron chi connectivity index (χ4n) is 2.59. The quantitative estimate of drug-likeness (QED) is 0.368. The number of benzene rings is 2. The molecule has 0 aliphatic carbocycles. The lowest BCUT2D eigenvalue weighted by Crippen LogP contribution is -2.09. The predicted molar refractivity (Wildman–Crippen MR) is 119 cm³/mol. The van der Waals surface area contributed by atoms with Crippen LogP contribution in [0.4, 0.5) is 5.69 Å². The van der Waals surface area contributed by atoms with E-state index in [4.69, 9.17) is 4.74 Å². The van der Waals surface area contributed by atoms with E-state index < -0.39 is 6.29 Å². The lowest BCUT2D eigenvalue weighted by Gasteiger charge is -2.15. The van der Waals surface area contributed by atoms with Crippen LogP contribution in [0.3, 0.4) is 0 Å². The van der Waals surface area contributed by atoms with Crippen molar-refractivity contribution < 1.29 is 9.84 Å². The Morgan fingerprint density at radius 2 is 1.52 bits per heavy atom. The Kier molecular flexibility index (Phi) is 13.1. The second-order valence-corrected chi connectivity index (χ2v) is 6.49. The van der Waals surface area contributed by atoms with Crippen molar-refractivity contribution in [1.29, 1.82) is 0 Å². The number of ether oxygens (including phenoxy) is 1. The van der Waals surface area contributed by atoms with Gasteiger partial charge in [-0.1, -0.05) is 65.3 Å². The van der Waals surface area contributed by atoms with Gasteiger partial charge in [0.1, 0.15) is 5.75 Å². The molecular weight excluding hydrogens is 334 g/mol. The number of anilines is 1. The zero-order valence-electron chi connectivity index (χ0n) is 17.0. The topological polar surface area (TPSA) is 41.5 Å². The molecule has 152 valence electrons. The number of rotatable bonds is 9. The average molecular weight is 374 g/mol. The summed E-state index contributed by atoms with van der Waals surface area (Å²) >= 11 is 0. The van der Waals surface area contributed by atoms with Gasteiger partial charge in [-0.25, -0.2) is 0 Å². The van der Waals surface area contributed by atoms with Crippen LogP contribution in [0.15, 0.2) is 48.5 Å². The van der Waals surface area contributed by atoms with Gasteiger partial charge in [0.25, 0.3) is 0 Å². The lowest BCUT2D eigenvalue weighted by atomic mass is 10.1. The molecule has 0 saturated heterocycles. The van der Waals surface area contributed by atoms with Gasteiger partial charge in [0.2, 0.25) is 6.29 Å². The van der Waals surface area contributed by atoms with Crippen LogP contribution in [0.5, 0.6) is 5.75 Å². The molecule has 0 spiro atoms. The number of unbranched alkanes of at least 4 members (excludes halogenated alkanes) is 2. The summed E-state index contributed by atoms with van der Waals surface area (Å²) in [5.74, 6) is 0.656. The summed E-state index contributed by atoms with van der Waals surface area (Å²) in [4.78, 5) is 0. The van der Waals surface area contributed by atoms with Crippen LogP contribution in [0.25, 0.3) is 0 Å². The van der Waals surface area contributed by atoms with Gasteiger partial charge in [0, 0.05) is 17.3 Å². The summed E-state index contributed by atoms with van der Waals surface area (Å²) in [6.45, 7) is 10.4. The molecule has 1 atom stereocenters. The highest BCUT2D eigenvalue weighted by Crippen LogP contribution is 2.23. The second kappa shape index (κ2) is 14.1. The van der Waals surface area contributed by atoms with E-state index in [1.54, 1.807) is 0 Å². The summed E-state index contributed by atoms with van der Waals surface area (Å²) < 4.78 is 5.63. The lowest BCUT2D eigenvalue weighted by molar-refractivity contribution is -0.0194. The highest BCUT2D eigenvalue weighted by Gasteiger charge is 2.09. The minimum Gasteiger partial charge on any atom is -0.461 e. The maximum absolute atomic E-state index is 10.3. The largest absolute Gasteiger partial charge is 0.461 e. The summed E-state index contributed by atoms with van der Waals surface area (Å²) in [7, 11) is 0. The molecule has 2 N–H and O–H groups in total. The highest BCUT2D eigenvalue weighted by molar-refractivity contribution is 5.46. The van der Waals surface area contributed by atoms with Crippen LogP contribution >= 0.6 is 0 Å². The van der Waals surface area contributed by atoms with Gasteiger partial charge in [-0.2, -0.15) is 0 Å². The van der Waals surface area contributed by atoms with Crippen molar-refractivity contribution in [3.63, 3.8) is 0 Å². The fraction of sp³-hybridized carbons (Fsp3) is 0.500. The van der Waals surface area contributed by atoms with Crippen molar-refractivity contribution in [2.24, 2.45) is 0 Å². The van der Waals surface area contributed by atoms with Gasteiger partial charge >= 0.3 is 0 Å². The van der Waals surface area contributed by atoms with Crippen LogP contribution in [0.2, 0.25) is 0 Å². The molecule has 0 fully saturated rings. The van der Waals surface area contributed by atoms with Gasteiger partial charge in [-0.15, -0.1) is 0 Å². The Hall–Kier alpha value is -2.00. The molecule has 0 saturated carbocycles. The van der Waals surface area contributed by atoms with Crippen LogP contribution in [-0.4, -0.2) is 11.1 Å². The maximum Gasteiger partial charge on any atom is 0.224 e. The number of hydrogen-bond acceptors (Lipinski definition) is 3. The first kappa shape index (κ1) is 25.0. The first-order chi connectivity index (χ1) is 12.6. The molecule has 3 nitrogen and oxygen atoms in total. The van der Waals surface area contributed by atoms with Crippen molar-refractivity contribution in [3.05, 3.63) is 59.7 Å². The van der Waals surface area contributed by atoms with E-state index >= 15 is 0 Å². The molecule has 0 amide bonds. The highest BCUT2D eigenvalue weighted by atomic mass is 16.6. The standard InChI is InChI=1S/C21H29NO2.C2H6.CH4/c1-4-5-6-7-17-8-10-18(11-9-17)21(23)24-20-14-12-19(13-15-20)22-16(2)3;1-2;/h8-16,21-23H,4-7H2,1-3H3;1-2H3;1H4. The predicted octanol–water partition coefficient (Wildman–Crippen LogP) is 6.97. The van der Waals surface area contributed by atoms with Gasteiger partial charge in [-0.05, 0) is 56.5 Å². The van der Waals surface area contributed by atoms with Crippen molar-refractivity contribution in [1.82, 2.24) is 0 Å². The third kappa shape index (κ3) is 9.48. The molecular formula is C24H39NO2. The Morgan fingerprint density at radius 1 is 0.926 bits per heavy atom. The monoisotopic (exact) mass is 373 g/mol. The average Bonchev–Trinajstić information content (AvgIpc) is 2.65. The Morgan fingerprint density at radius 3 is 2.04 bits per heavy atom. The van der Waals surface area contributed by atoms with Crippen molar-refractivity contribution in [2.75, 3.05) is 5.32 Å². The van der Waals surface area contributed by atoms with Crippen molar-refractivity contribution in [3.8, 4) is 5.75 Å². The molecule has 0 radical (unpaired) electrons. The summed E-state index contributed by atoms with van der Waals surface area (Å²) in [6.07, 6.45) is 3.85. The zero-order valence-corrected chi connectivity index (χ0v) is 17.0. The van der Waals surface area contributed by atoms with Gasteiger partial charge in [0.15, 0.2) is 0 Å². The third-order valence-electron chi connectivity index (χ3n) is 3.89. The van der Waals surface area contributed by atoms with Gasteiger partial charge < -0.3 is 15.2 Å². The molecule has 3 heteroatoms. The number of aliphatic hydroxyl groups is 1. The van der Waals surface area contributed by atoms with E-state index in [0.29, 0.717) is 11.8 Å². The molecule has 2 rings (SSSR count). The first-order valence-electron chi connectivity index (χ1n) is 9.88. The summed E-state index contributed by atoms with van der Waals surface area (Å²) in [5.41, 5.74) is 3.13. The van der Waals surface area contributed by atoms with Crippen LogP contribution < -0.4 is 10.1 Å². The maximum atomic E-state index is 10.3. The first-order valence-corrected chi connectivity index (χ1v) is 9.88. The van der Waals surface area contributed by atoms with Gasteiger partial charge in [0.05, 0.1) is 0 Å². The molecule has 0 heterocycles. The van der Waals surface area contributed by atoms with Crippen molar-refractivity contribution in [2.45, 2.75) is 80.1 Å². The van der Waals surface area contributed by atoms with E-state index in [1.807, 2.05) is 50.2 Å². The van der Waals surface area contributed by atoms with E-state index in [0.717, 1.165) is 17.7 Å². The molecule has 0 aliphatic heterocycles. The Balaban J connectivity index is 0.00000218. The molecule has 27 heavy (non-hydrogen) atoms. The van der Waals surface area contributed by atoms with E-state index in [1.165, 1.54) is 24.8 Å². The Bertz CT molecular complexity index is 591. The zero-order chi connectivity index (χ0) is 19.4. The van der Waals surface area contributed by atoms with E-state index in [2.05, 4.69) is 38.2 Å². The number of hydrogen-bond donors (Lipinski definition) is 2. The SMILES string of the molecule is C.CC.CCCCCc1ccc(C(O)Oc2ccc(NC(C)C)cc2)cc1. The molecule has 1 unspecified atom stereocenters. The number of aliphatic hydroxyl groups excluding tert-OH is 1. The fourth-order valence-corrected chi connectivity index (χ4v) is 2.59. The van der Waals surface area contributed by atoms with E-state index in [-0.39, 0.29) is 7.43 Å². The van der Waals surface area contributed by atoms with Crippen LogP contribution in [-0.2, 0) is 6.42 Å². The minimum absolute atomic E-state index is 0.